The molecule has 0 spiro atoms. The molecule has 0 unspecified atom stereocenters. The van der Waals surface area contributed by atoms with Crippen molar-refractivity contribution in [3.05, 3.63) is 47.5 Å². The molecule has 1 aliphatic rings. The van der Waals surface area contributed by atoms with Crippen LogP contribution in [0.2, 0.25) is 5.02 Å². The van der Waals surface area contributed by atoms with E-state index in [1.165, 1.54) is 11.3 Å². The topological polar surface area (TPSA) is 51.7 Å². The lowest BCUT2D eigenvalue weighted by molar-refractivity contribution is -0.130. The summed E-state index contributed by atoms with van der Waals surface area (Å²) in [6.45, 7) is 1.41. The number of aromatic nitrogens is 1. The van der Waals surface area contributed by atoms with E-state index in [4.69, 9.17) is 21.1 Å². The van der Waals surface area contributed by atoms with E-state index < -0.39 is 0 Å². The third kappa shape index (κ3) is 4.97. The molecule has 2 aromatic carbocycles. The Morgan fingerprint density at radius 2 is 2.00 bits per heavy atom. The average molecular weight is 449 g/mol. The van der Waals surface area contributed by atoms with Crippen LogP contribution in [-0.2, 0) is 4.79 Å². The van der Waals surface area contributed by atoms with E-state index in [0.717, 1.165) is 33.7 Å². The molecular formula is C21H21ClN2O3S2. The van der Waals surface area contributed by atoms with Gasteiger partial charge in [0, 0.05) is 30.8 Å². The molecule has 0 atom stereocenters. The van der Waals surface area contributed by atoms with E-state index in [1.54, 1.807) is 18.9 Å². The van der Waals surface area contributed by atoms with Crippen molar-refractivity contribution in [1.82, 2.24) is 9.88 Å². The second-order valence-corrected chi connectivity index (χ2v) is 9.18. The fourth-order valence-electron chi connectivity index (χ4n) is 3.22. The first-order valence-electron chi connectivity index (χ1n) is 9.39. The third-order valence-corrected chi connectivity index (χ3v) is 7.05. The zero-order valence-corrected chi connectivity index (χ0v) is 18.4. The number of likely N-dealkylation sites (tertiary alicyclic amines) is 1. The summed E-state index contributed by atoms with van der Waals surface area (Å²) in [5.41, 5.74) is 0.789. The van der Waals surface area contributed by atoms with Gasteiger partial charge in [0.2, 0.25) is 5.91 Å². The number of carbonyl (C=O) groups excluding carboxylic acids is 1. The van der Waals surface area contributed by atoms with Crippen LogP contribution >= 0.6 is 34.7 Å². The van der Waals surface area contributed by atoms with Crippen LogP contribution in [0.4, 0.5) is 0 Å². The standard InChI is InChI=1S/C21H21ClN2O3S2/c1-26-14-5-7-16(8-6-14)28-13-19(25)24-11-9-15(10-12-24)27-21-23-20-17(22)3-2-4-18(20)29-21/h2-8,15H,9-13H2,1H3. The highest BCUT2D eigenvalue weighted by molar-refractivity contribution is 8.00. The van der Waals surface area contributed by atoms with E-state index in [2.05, 4.69) is 4.98 Å². The Bertz CT molecular complexity index is 985. The first-order chi connectivity index (χ1) is 14.1. The molecule has 0 radical (unpaired) electrons. The summed E-state index contributed by atoms with van der Waals surface area (Å²) in [6.07, 6.45) is 1.69. The van der Waals surface area contributed by atoms with Crippen LogP contribution in [0.25, 0.3) is 10.2 Å². The predicted octanol–water partition coefficient (Wildman–Crippen LogP) is 5.12. The van der Waals surface area contributed by atoms with Crippen LogP contribution in [0.5, 0.6) is 10.9 Å². The number of benzene rings is 2. The smallest absolute Gasteiger partial charge is 0.274 e. The number of para-hydroxylation sites is 1. The minimum Gasteiger partial charge on any atom is -0.497 e. The van der Waals surface area contributed by atoms with Crippen molar-refractivity contribution >= 4 is 50.8 Å². The summed E-state index contributed by atoms with van der Waals surface area (Å²) in [5, 5.41) is 1.29. The molecule has 1 aromatic heterocycles. The van der Waals surface area contributed by atoms with Gasteiger partial charge in [-0.3, -0.25) is 4.79 Å². The van der Waals surface area contributed by atoms with Crippen LogP contribution in [0.3, 0.4) is 0 Å². The molecule has 1 aliphatic heterocycles. The maximum absolute atomic E-state index is 12.5. The molecule has 1 fully saturated rings. The van der Waals surface area contributed by atoms with Gasteiger partial charge >= 0.3 is 0 Å². The van der Waals surface area contributed by atoms with Crippen LogP contribution < -0.4 is 9.47 Å². The molecule has 29 heavy (non-hydrogen) atoms. The molecule has 152 valence electrons. The molecular weight excluding hydrogens is 428 g/mol. The van der Waals surface area contributed by atoms with Crippen LogP contribution in [0.15, 0.2) is 47.4 Å². The summed E-state index contributed by atoms with van der Waals surface area (Å²) >= 11 is 9.25. The fourth-order valence-corrected chi connectivity index (χ4v) is 5.20. The predicted molar refractivity (Wildman–Crippen MR) is 119 cm³/mol. The van der Waals surface area contributed by atoms with Gasteiger partial charge in [-0.05, 0) is 36.4 Å². The van der Waals surface area contributed by atoms with Crippen LogP contribution in [0.1, 0.15) is 12.8 Å². The third-order valence-electron chi connectivity index (χ3n) is 4.83. The zero-order valence-electron chi connectivity index (χ0n) is 16.0. The maximum Gasteiger partial charge on any atom is 0.274 e. The van der Waals surface area contributed by atoms with Crippen molar-refractivity contribution < 1.29 is 14.3 Å². The SMILES string of the molecule is COc1ccc(SCC(=O)N2CCC(Oc3nc4c(Cl)cccc4s3)CC2)cc1. The summed E-state index contributed by atoms with van der Waals surface area (Å²) in [4.78, 5) is 20.0. The van der Waals surface area contributed by atoms with E-state index in [0.29, 0.717) is 29.1 Å². The Hall–Kier alpha value is -1.96. The minimum atomic E-state index is 0.0765. The number of rotatable bonds is 6. The van der Waals surface area contributed by atoms with Gasteiger partial charge in [-0.1, -0.05) is 29.0 Å². The van der Waals surface area contributed by atoms with Gasteiger partial charge < -0.3 is 14.4 Å². The monoisotopic (exact) mass is 448 g/mol. The Kier molecular flexibility index (Phi) is 6.47. The van der Waals surface area contributed by atoms with E-state index in [9.17, 15) is 4.79 Å². The number of halogens is 1. The van der Waals surface area contributed by atoms with Gasteiger partial charge in [0.05, 0.1) is 22.6 Å². The Balaban J connectivity index is 1.25. The number of thioether (sulfide) groups is 1. The molecule has 0 bridgehead atoms. The highest BCUT2D eigenvalue weighted by atomic mass is 35.5. The van der Waals surface area contributed by atoms with Crippen molar-refractivity contribution in [2.24, 2.45) is 0 Å². The number of amides is 1. The van der Waals surface area contributed by atoms with Gasteiger partial charge in [-0.2, -0.15) is 0 Å². The zero-order chi connectivity index (χ0) is 20.2. The number of methoxy groups -OCH3 is 1. The average Bonchev–Trinajstić information content (AvgIpc) is 3.17. The molecule has 5 nitrogen and oxygen atoms in total. The number of piperidine rings is 1. The lowest BCUT2D eigenvalue weighted by atomic mass is 10.1. The summed E-state index contributed by atoms with van der Waals surface area (Å²) in [7, 11) is 1.64. The highest BCUT2D eigenvalue weighted by Crippen LogP contribution is 2.33. The van der Waals surface area contributed by atoms with Crippen LogP contribution in [0, 0.1) is 0 Å². The number of hydrogen-bond donors (Lipinski definition) is 0. The summed E-state index contributed by atoms with van der Waals surface area (Å²) in [6, 6.07) is 13.5. The van der Waals surface area contributed by atoms with Crippen LogP contribution in [-0.4, -0.2) is 47.8 Å². The van der Waals surface area contributed by atoms with E-state index in [-0.39, 0.29) is 12.0 Å². The molecule has 0 N–H and O–H groups in total. The highest BCUT2D eigenvalue weighted by Gasteiger charge is 2.25. The number of ether oxygens (including phenoxy) is 2. The van der Waals surface area contributed by atoms with Gasteiger partial charge in [0.25, 0.3) is 5.19 Å². The Morgan fingerprint density at radius 3 is 2.69 bits per heavy atom. The number of nitrogens with zero attached hydrogens (tertiary/aromatic N) is 2. The van der Waals surface area contributed by atoms with E-state index in [1.807, 2.05) is 47.4 Å². The molecule has 8 heteroatoms. The van der Waals surface area contributed by atoms with Gasteiger partial charge in [-0.15, -0.1) is 11.8 Å². The van der Waals surface area contributed by atoms with Gasteiger partial charge in [0.1, 0.15) is 17.4 Å². The maximum atomic E-state index is 12.5. The van der Waals surface area contributed by atoms with Gasteiger partial charge in [0.15, 0.2) is 0 Å². The minimum absolute atomic E-state index is 0.0765. The Morgan fingerprint density at radius 1 is 1.24 bits per heavy atom. The number of fused-ring (bicyclic) bond motifs is 1. The lowest BCUT2D eigenvalue weighted by Gasteiger charge is -2.31. The lowest BCUT2D eigenvalue weighted by Crippen LogP contribution is -2.42. The summed E-state index contributed by atoms with van der Waals surface area (Å²) in [5.74, 6) is 1.42. The fraction of sp³-hybridized carbons (Fsp3) is 0.333. The molecule has 0 aliphatic carbocycles. The first kappa shape index (κ1) is 20.3. The number of carbonyl (C=O) groups is 1. The van der Waals surface area contributed by atoms with Crippen molar-refractivity contribution in [3.63, 3.8) is 0 Å². The normalized spacial score (nSPS) is 14.9. The van der Waals surface area contributed by atoms with E-state index >= 15 is 0 Å². The number of thiazole rings is 1. The van der Waals surface area contributed by atoms with Crippen molar-refractivity contribution in [3.8, 4) is 10.9 Å². The largest absolute Gasteiger partial charge is 0.497 e. The molecule has 4 rings (SSSR count). The van der Waals surface area contributed by atoms with Crippen molar-refractivity contribution in [1.29, 1.82) is 0 Å². The Labute approximate surface area is 183 Å². The van der Waals surface area contributed by atoms with Gasteiger partial charge in [-0.25, -0.2) is 4.98 Å². The molecule has 1 saturated heterocycles. The first-order valence-corrected chi connectivity index (χ1v) is 11.6. The summed E-state index contributed by atoms with van der Waals surface area (Å²) < 4.78 is 12.3. The molecule has 1 amide bonds. The number of hydrogen-bond acceptors (Lipinski definition) is 6. The second kappa shape index (κ2) is 9.24. The second-order valence-electron chi connectivity index (χ2n) is 6.73. The molecule has 3 aromatic rings. The molecule has 2 heterocycles. The van der Waals surface area contributed by atoms with Crippen molar-refractivity contribution in [2.75, 3.05) is 26.0 Å². The van der Waals surface area contributed by atoms with Crippen molar-refractivity contribution in [2.45, 2.75) is 23.8 Å². The molecule has 0 saturated carbocycles. The quantitative estimate of drug-likeness (QED) is 0.490.